The van der Waals surface area contributed by atoms with Gasteiger partial charge >= 0.3 is 11.9 Å². The maximum atomic E-state index is 12.1. The summed E-state index contributed by atoms with van der Waals surface area (Å²) in [7, 11) is 0. The van der Waals surface area contributed by atoms with Crippen molar-refractivity contribution in [2.45, 2.75) is 13.8 Å². The first-order valence-electron chi connectivity index (χ1n) is 7.35. The quantitative estimate of drug-likeness (QED) is 0.824. The van der Waals surface area contributed by atoms with E-state index in [1.807, 2.05) is 6.92 Å². The summed E-state index contributed by atoms with van der Waals surface area (Å²) in [6.07, 6.45) is 0. The van der Waals surface area contributed by atoms with Gasteiger partial charge in [0.15, 0.2) is 0 Å². The largest absolute Gasteiger partial charge is 0.494 e. The fraction of sp³-hybridized carbons (Fsp3) is 0.222. The zero-order valence-electron chi connectivity index (χ0n) is 13.0. The van der Waals surface area contributed by atoms with Crippen LogP contribution < -0.4 is 4.74 Å². The van der Waals surface area contributed by atoms with Crippen LogP contribution in [0.4, 0.5) is 0 Å². The highest BCUT2D eigenvalue weighted by Crippen LogP contribution is 2.30. The van der Waals surface area contributed by atoms with Crippen LogP contribution in [-0.4, -0.2) is 30.3 Å². The molecule has 0 atom stereocenters. The van der Waals surface area contributed by atoms with Crippen molar-refractivity contribution in [2.75, 3.05) is 13.2 Å². The summed E-state index contributed by atoms with van der Waals surface area (Å²) in [6.45, 7) is 4.35. The Morgan fingerprint density at radius 2 is 1.61 bits per heavy atom. The van der Waals surface area contributed by atoms with Gasteiger partial charge in [0.05, 0.1) is 24.3 Å². The summed E-state index contributed by atoms with van der Waals surface area (Å²) in [6, 6.07) is 11.5. The minimum Gasteiger partial charge on any atom is -0.494 e. The SMILES string of the molecule is CCOC(=O)c1cccc(C(=O)O)c1-c1ccc(OCC)cc1. The predicted molar refractivity (Wildman–Crippen MR) is 86.0 cm³/mol. The first-order chi connectivity index (χ1) is 11.1. The lowest BCUT2D eigenvalue weighted by Gasteiger charge is -2.13. The normalized spacial score (nSPS) is 10.2. The molecule has 0 heterocycles. The van der Waals surface area contributed by atoms with Gasteiger partial charge in [-0.25, -0.2) is 9.59 Å². The van der Waals surface area contributed by atoms with Crippen LogP contribution in [0.1, 0.15) is 34.6 Å². The summed E-state index contributed by atoms with van der Waals surface area (Å²) in [4.78, 5) is 23.7. The minimum absolute atomic E-state index is 0.0553. The molecule has 0 aliphatic carbocycles. The van der Waals surface area contributed by atoms with Crippen molar-refractivity contribution in [3.8, 4) is 16.9 Å². The number of carboxylic acid groups (broad SMARTS) is 1. The van der Waals surface area contributed by atoms with Crippen LogP contribution in [-0.2, 0) is 4.74 Å². The van der Waals surface area contributed by atoms with Gasteiger partial charge in [-0.3, -0.25) is 0 Å². The van der Waals surface area contributed by atoms with E-state index in [2.05, 4.69) is 0 Å². The maximum Gasteiger partial charge on any atom is 0.338 e. The summed E-state index contributed by atoms with van der Waals surface area (Å²) >= 11 is 0. The summed E-state index contributed by atoms with van der Waals surface area (Å²) < 4.78 is 10.4. The van der Waals surface area contributed by atoms with Crippen molar-refractivity contribution in [1.82, 2.24) is 0 Å². The van der Waals surface area contributed by atoms with Crippen LogP contribution in [0.25, 0.3) is 11.1 Å². The Hall–Kier alpha value is -2.82. The summed E-state index contributed by atoms with van der Waals surface area (Å²) in [5.41, 5.74) is 1.26. The molecule has 2 aromatic carbocycles. The number of ether oxygens (including phenoxy) is 2. The monoisotopic (exact) mass is 314 g/mol. The molecule has 0 unspecified atom stereocenters. The number of carbonyl (C=O) groups excluding carboxylic acids is 1. The first-order valence-corrected chi connectivity index (χ1v) is 7.35. The molecule has 5 nitrogen and oxygen atoms in total. The summed E-state index contributed by atoms with van der Waals surface area (Å²) in [5, 5.41) is 9.43. The lowest BCUT2D eigenvalue weighted by atomic mass is 9.94. The molecule has 0 fully saturated rings. The highest BCUT2D eigenvalue weighted by Gasteiger charge is 2.20. The van der Waals surface area contributed by atoms with Crippen molar-refractivity contribution in [2.24, 2.45) is 0 Å². The Labute approximate surface area is 134 Å². The van der Waals surface area contributed by atoms with E-state index in [0.717, 1.165) is 0 Å². The highest BCUT2D eigenvalue weighted by molar-refractivity contribution is 6.05. The Bertz CT molecular complexity index is 704. The Morgan fingerprint density at radius 3 is 2.17 bits per heavy atom. The second-order valence-corrected chi connectivity index (χ2v) is 4.71. The third-order valence-corrected chi connectivity index (χ3v) is 3.24. The van der Waals surface area contributed by atoms with Gasteiger partial charge in [-0.05, 0) is 43.7 Å². The van der Waals surface area contributed by atoms with E-state index < -0.39 is 11.9 Å². The van der Waals surface area contributed by atoms with E-state index in [0.29, 0.717) is 23.5 Å². The average Bonchev–Trinajstić information content (AvgIpc) is 2.55. The molecule has 0 spiro atoms. The van der Waals surface area contributed by atoms with Gasteiger partial charge in [0.1, 0.15) is 5.75 Å². The van der Waals surface area contributed by atoms with E-state index in [9.17, 15) is 14.7 Å². The standard InChI is InChI=1S/C18H18O5/c1-3-22-13-10-8-12(9-11-13)16-14(17(19)20)6-5-7-15(16)18(21)23-4-2/h5-11H,3-4H2,1-2H3,(H,19,20). The molecule has 1 N–H and O–H groups in total. The number of benzene rings is 2. The van der Waals surface area contributed by atoms with Gasteiger partial charge in [-0.2, -0.15) is 0 Å². The lowest BCUT2D eigenvalue weighted by Crippen LogP contribution is -2.10. The van der Waals surface area contributed by atoms with Gasteiger partial charge in [-0.15, -0.1) is 0 Å². The number of carboxylic acids is 1. The zero-order chi connectivity index (χ0) is 16.8. The van der Waals surface area contributed by atoms with E-state index in [1.54, 1.807) is 37.3 Å². The van der Waals surface area contributed by atoms with Crippen molar-refractivity contribution < 1.29 is 24.2 Å². The summed E-state index contributed by atoms with van der Waals surface area (Å²) in [5.74, 6) is -0.957. The van der Waals surface area contributed by atoms with Gasteiger partial charge in [0, 0.05) is 5.56 Å². The molecule has 0 aliphatic rings. The second kappa shape index (κ2) is 7.45. The van der Waals surface area contributed by atoms with Crippen LogP contribution in [0, 0.1) is 0 Å². The van der Waals surface area contributed by atoms with Crippen molar-refractivity contribution in [1.29, 1.82) is 0 Å². The molecule has 5 heteroatoms. The molecule has 120 valence electrons. The topological polar surface area (TPSA) is 72.8 Å². The molecule has 23 heavy (non-hydrogen) atoms. The molecule has 0 bridgehead atoms. The molecule has 0 saturated heterocycles. The van der Waals surface area contributed by atoms with Crippen LogP contribution in [0.5, 0.6) is 5.75 Å². The third kappa shape index (κ3) is 3.69. The van der Waals surface area contributed by atoms with Crippen molar-refractivity contribution in [3.63, 3.8) is 0 Å². The van der Waals surface area contributed by atoms with Crippen molar-refractivity contribution >= 4 is 11.9 Å². The average molecular weight is 314 g/mol. The van der Waals surface area contributed by atoms with Gasteiger partial charge in [-0.1, -0.05) is 18.2 Å². The molecule has 0 aromatic heterocycles. The molecule has 2 rings (SSSR count). The van der Waals surface area contributed by atoms with Gasteiger partial charge < -0.3 is 14.6 Å². The fourth-order valence-corrected chi connectivity index (χ4v) is 2.30. The molecule has 0 radical (unpaired) electrons. The Kier molecular flexibility index (Phi) is 5.36. The minimum atomic E-state index is -1.10. The first kappa shape index (κ1) is 16.5. The number of carbonyl (C=O) groups is 2. The number of esters is 1. The van der Waals surface area contributed by atoms with Crippen LogP contribution in [0.15, 0.2) is 42.5 Å². The molecule has 0 aliphatic heterocycles. The smallest absolute Gasteiger partial charge is 0.338 e. The molecule has 0 saturated carbocycles. The second-order valence-electron chi connectivity index (χ2n) is 4.71. The Balaban J connectivity index is 2.57. The highest BCUT2D eigenvalue weighted by atomic mass is 16.5. The fourth-order valence-electron chi connectivity index (χ4n) is 2.30. The number of aromatic carboxylic acids is 1. The van der Waals surface area contributed by atoms with Crippen LogP contribution in [0.3, 0.4) is 0 Å². The maximum absolute atomic E-state index is 12.1. The molecular weight excluding hydrogens is 296 g/mol. The van der Waals surface area contributed by atoms with Gasteiger partial charge in [0.2, 0.25) is 0 Å². The van der Waals surface area contributed by atoms with E-state index in [4.69, 9.17) is 9.47 Å². The van der Waals surface area contributed by atoms with Crippen LogP contribution >= 0.6 is 0 Å². The number of rotatable bonds is 6. The predicted octanol–water partition coefficient (Wildman–Crippen LogP) is 3.63. The number of hydrogen-bond acceptors (Lipinski definition) is 4. The van der Waals surface area contributed by atoms with Crippen LogP contribution in [0.2, 0.25) is 0 Å². The van der Waals surface area contributed by atoms with Crippen molar-refractivity contribution in [3.05, 3.63) is 53.6 Å². The molecule has 2 aromatic rings. The third-order valence-electron chi connectivity index (χ3n) is 3.24. The van der Waals surface area contributed by atoms with E-state index >= 15 is 0 Å². The van der Waals surface area contributed by atoms with Gasteiger partial charge in [0.25, 0.3) is 0 Å². The zero-order valence-corrected chi connectivity index (χ0v) is 13.0. The number of hydrogen-bond donors (Lipinski definition) is 1. The van der Waals surface area contributed by atoms with E-state index in [1.165, 1.54) is 12.1 Å². The molecular formula is C18H18O5. The Morgan fingerprint density at radius 1 is 0.957 bits per heavy atom. The lowest BCUT2D eigenvalue weighted by molar-refractivity contribution is 0.0527. The molecule has 0 amide bonds. The van der Waals surface area contributed by atoms with E-state index in [-0.39, 0.29) is 17.7 Å².